The molecule has 0 unspecified atom stereocenters. The molecule has 0 spiro atoms. The fraction of sp³-hybridized carbons (Fsp3) is 0.588. The van der Waals surface area contributed by atoms with Gasteiger partial charge >= 0.3 is 6.09 Å². The molecule has 1 fully saturated rings. The topological polar surface area (TPSA) is 74.8 Å². The van der Waals surface area contributed by atoms with E-state index in [9.17, 15) is 9.59 Å². The molecule has 0 radical (unpaired) electrons. The van der Waals surface area contributed by atoms with Crippen LogP contribution in [0.1, 0.15) is 27.2 Å². The van der Waals surface area contributed by atoms with E-state index in [1.54, 1.807) is 18.0 Å². The average Bonchev–Trinajstić information content (AvgIpc) is 2.55. The normalized spacial score (nSPS) is 14.7. The number of ether oxygens (including phenoxy) is 1. The number of nitrogens with one attached hydrogen (secondary N) is 1. The van der Waals surface area contributed by atoms with Gasteiger partial charge in [0, 0.05) is 32.6 Å². The molecule has 0 bridgehead atoms. The van der Waals surface area contributed by atoms with Crippen LogP contribution in [-0.2, 0) is 9.53 Å². The van der Waals surface area contributed by atoms with Gasteiger partial charge in [-0.3, -0.25) is 4.79 Å². The summed E-state index contributed by atoms with van der Waals surface area (Å²) in [5, 5.41) is 2.80. The average molecular weight is 334 g/mol. The molecular formula is C17H26N4O3. The number of nitrogens with zero attached hydrogens (tertiary/aromatic N) is 3. The Morgan fingerprint density at radius 2 is 1.96 bits per heavy atom. The van der Waals surface area contributed by atoms with Gasteiger partial charge < -0.3 is 19.9 Å². The zero-order chi connectivity index (χ0) is 17.5. The Bertz CT molecular complexity index is 551. The molecule has 1 aliphatic rings. The molecule has 2 rings (SSSR count). The lowest BCUT2D eigenvalue weighted by atomic mass is 10.1. The minimum atomic E-state index is -0.251. The Hall–Kier alpha value is -2.31. The Kier molecular flexibility index (Phi) is 6.40. The highest BCUT2D eigenvalue weighted by atomic mass is 16.6. The van der Waals surface area contributed by atoms with E-state index in [2.05, 4.69) is 15.2 Å². The Labute approximate surface area is 143 Å². The Morgan fingerprint density at radius 1 is 1.25 bits per heavy atom. The number of aromatic nitrogens is 1. The highest BCUT2D eigenvalue weighted by molar-refractivity contribution is 5.89. The number of hydrogen-bond donors (Lipinski definition) is 1. The minimum absolute atomic E-state index is 0.0201. The van der Waals surface area contributed by atoms with Crippen LogP contribution in [0.25, 0.3) is 0 Å². The lowest BCUT2D eigenvalue weighted by Crippen LogP contribution is -2.49. The quantitative estimate of drug-likeness (QED) is 0.894. The van der Waals surface area contributed by atoms with Gasteiger partial charge in [0.25, 0.3) is 0 Å². The van der Waals surface area contributed by atoms with E-state index in [0.29, 0.717) is 37.9 Å². The lowest BCUT2D eigenvalue weighted by Gasteiger charge is -2.35. The molecule has 1 aliphatic heterocycles. The summed E-state index contributed by atoms with van der Waals surface area (Å²) in [6.07, 6.45) is 1.99. The van der Waals surface area contributed by atoms with Gasteiger partial charge in [0.15, 0.2) is 0 Å². The maximum absolute atomic E-state index is 11.8. The second kappa shape index (κ2) is 8.52. The molecule has 2 amide bonds. The van der Waals surface area contributed by atoms with Crippen molar-refractivity contribution in [2.45, 2.75) is 27.2 Å². The van der Waals surface area contributed by atoms with E-state index in [0.717, 1.165) is 18.8 Å². The van der Waals surface area contributed by atoms with Crippen LogP contribution in [0.4, 0.5) is 16.3 Å². The van der Waals surface area contributed by atoms with Crippen molar-refractivity contribution in [3.63, 3.8) is 0 Å². The van der Waals surface area contributed by atoms with Crippen molar-refractivity contribution >= 4 is 23.5 Å². The summed E-state index contributed by atoms with van der Waals surface area (Å²) in [4.78, 5) is 31.6. The first kappa shape index (κ1) is 18.0. The van der Waals surface area contributed by atoms with Crippen molar-refractivity contribution in [1.82, 2.24) is 9.88 Å². The van der Waals surface area contributed by atoms with Crippen LogP contribution in [0.3, 0.4) is 0 Å². The van der Waals surface area contributed by atoms with Gasteiger partial charge in [-0.1, -0.05) is 13.8 Å². The Morgan fingerprint density at radius 3 is 2.50 bits per heavy atom. The zero-order valence-electron chi connectivity index (χ0n) is 14.6. The third-order valence-corrected chi connectivity index (χ3v) is 3.78. The van der Waals surface area contributed by atoms with Crippen LogP contribution >= 0.6 is 0 Å². The first-order valence-electron chi connectivity index (χ1n) is 8.42. The van der Waals surface area contributed by atoms with Gasteiger partial charge in [-0.25, -0.2) is 9.78 Å². The summed E-state index contributed by atoms with van der Waals surface area (Å²) in [5.74, 6) is 0.864. The molecule has 0 saturated carbocycles. The van der Waals surface area contributed by atoms with Crippen molar-refractivity contribution in [2.75, 3.05) is 43.0 Å². The highest BCUT2D eigenvalue weighted by Crippen LogP contribution is 2.18. The second-order valence-corrected chi connectivity index (χ2v) is 6.22. The number of carbonyl (C=O) groups is 2. The molecular weight excluding hydrogens is 308 g/mol. The number of pyridine rings is 1. The smallest absolute Gasteiger partial charge is 0.409 e. The summed E-state index contributed by atoms with van der Waals surface area (Å²) in [6, 6.07) is 3.75. The Balaban J connectivity index is 1.86. The van der Waals surface area contributed by atoms with Crippen molar-refractivity contribution in [3.05, 3.63) is 18.3 Å². The summed E-state index contributed by atoms with van der Waals surface area (Å²) < 4.78 is 5.02. The van der Waals surface area contributed by atoms with E-state index in [4.69, 9.17) is 4.74 Å². The van der Waals surface area contributed by atoms with E-state index < -0.39 is 0 Å². The maximum Gasteiger partial charge on any atom is 0.409 e. The fourth-order valence-electron chi connectivity index (χ4n) is 2.57. The standard InChI is InChI=1S/C17H26N4O3/c1-4-24-17(23)21-9-7-20(8-10-21)14-5-6-15(18-12-14)19-16(22)11-13(2)3/h5-6,12-13H,4,7-11H2,1-3H3,(H,18,19,22). The molecule has 24 heavy (non-hydrogen) atoms. The number of piperazine rings is 1. The molecule has 0 aliphatic carbocycles. The molecule has 0 aromatic carbocycles. The predicted octanol–water partition coefficient (Wildman–Crippen LogP) is 2.34. The van der Waals surface area contributed by atoms with Gasteiger partial charge in [0.05, 0.1) is 18.5 Å². The summed E-state index contributed by atoms with van der Waals surface area (Å²) in [5.41, 5.74) is 0.986. The van der Waals surface area contributed by atoms with Crippen molar-refractivity contribution in [3.8, 4) is 0 Å². The van der Waals surface area contributed by atoms with Crippen LogP contribution in [-0.4, -0.2) is 54.7 Å². The summed E-state index contributed by atoms with van der Waals surface area (Å²) in [7, 11) is 0. The predicted molar refractivity (Wildman–Crippen MR) is 93.1 cm³/mol. The minimum Gasteiger partial charge on any atom is -0.450 e. The molecule has 7 heteroatoms. The maximum atomic E-state index is 11.8. The lowest BCUT2D eigenvalue weighted by molar-refractivity contribution is -0.116. The van der Waals surface area contributed by atoms with Crippen LogP contribution < -0.4 is 10.2 Å². The monoisotopic (exact) mass is 334 g/mol. The SMILES string of the molecule is CCOC(=O)N1CCN(c2ccc(NC(=O)CC(C)C)nc2)CC1. The van der Waals surface area contributed by atoms with Crippen LogP contribution in [0.15, 0.2) is 18.3 Å². The molecule has 1 aromatic rings. The molecule has 1 N–H and O–H groups in total. The number of rotatable bonds is 5. The van der Waals surface area contributed by atoms with Gasteiger partial charge in [-0.05, 0) is 25.0 Å². The molecule has 0 atom stereocenters. The van der Waals surface area contributed by atoms with E-state index in [1.807, 2.05) is 26.0 Å². The van der Waals surface area contributed by atoms with Crippen molar-refractivity contribution < 1.29 is 14.3 Å². The number of carbonyl (C=O) groups excluding carboxylic acids is 2. The van der Waals surface area contributed by atoms with Gasteiger partial charge in [-0.15, -0.1) is 0 Å². The van der Waals surface area contributed by atoms with Gasteiger partial charge in [0.2, 0.25) is 5.91 Å². The zero-order valence-corrected chi connectivity index (χ0v) is 14.6. The van der Waals surface area contributed by atoms with Crippen molar-refractivity contribution in [2.24, 2.45) is 5.92 Å². The molecule has 132 valence electrons. The summed E-state index contributed by atoms with van der Waals surface area (Å²) >= 11 is 0. The highest BCUT2D eigenvalue weighted by Gasteiger charge is 2.22. The first-order chi connectivity index (χ1) is 11.5. The van der Waals surface area contributed by atoms with E-state index in [1.165, 1.54) is 0 Å². The molecule has 7 nitrogen and oxygen atoms in total. The first-order valence-corrected chi connectivity index (χ1v) is 8.42. The fourth-order valence-corrected chi connectivity index (χ4v) is 2.57. The van der Waals surface area contributed by atoms with E-state index >= 15 is 0 Å². The van der Waals surface area contributed by atoms with Crippen LogP contribution in [0.5, 0.6) is 0 Å². The molecule has 1 aromatic heterocycles. The van der Waals surface area contributed by atoms with Gasteiger partial charge in [-0.2, -0.15) is 0 Å². The number of anilines is 2. The van der Waals surface area contributed by atoms with Crippen molar-refractivity contribution in [1.29, 1.82) is 0 Å². The second-order valence-electron chi connectivity index (χ2n) is 6.22. The molecule has 2 heterocycles. The summed E-state index contributed by atoms with van der Waals surface area (Å²) in [6.45, 7) is 8.95. The van der Waals surface area contributed by atoms with Crippen LogP contribution in [0.2, 0.25) is 0 Å². The van der Waals surface area contributed by atoms with Gasteiger partial charge in [0.1, 0.15) is 5.82 Å². The molecule has 1 saturated heterocycles. The number of amides is 2. The largest absolute Gasteiger partial charge is 0.450 e. The third-order valence-electron chi connectivity index (χ3n) is 3.78. The van der Waals surface area contributed by atoms with E-state index in [-0.39, 0.29) is 12.0 Å². The number of hydrogen-bond acceptors (Lipinski definition) is 5. The third kappa shape index (κ3) is 5.11. The van der Waals surface area contributed by atoms with Crippen LogP contribution in [0, 0.1) is 5.92 Å².